The average Bonchev–Trinajstić information content (AvgIpc) is 3.08. The van der Waals surface area contributed by atoms with Crippen LogP contribution in [0.3, 0.4) is 0 Å². The van der Waals surface area contributed by atoms with Crippen LogP contribution in [0.2, 0.25) is 0 Å². The van der Waals surface area contributed by atoms with E-state index in [9.17, 15) is 4.79 Å². The third-order valence-corrected chi connectivity index (χ3v) is 4.95. The van der Waals surface area contributed by atoms with Gasteiger partial charge in [0, 0.05) is 24.3 Å². The molecular weight excluding hydrogens is 370 g/mol. The van der Waals surface area contributed by atoms with Crippen molar-refractivity contribution < 1.29 is 9.53 Å². The molecule has 2 aromatic rings. The summed E-state index contributed by atoms with van der Waals surface area (Å²) >= 11 is 5.44. The van der Waals surface area contributed by atoms with Gasteiger partial charge in [-0.15, -0.1) is 0 Å². The molecule has 0 spiro atoms. The Morgan fingerprint density at radius 1 is 1.21 bits per heavy atom. The number of ether oxygens (including phenoxy) is 1. The fourth-order valence-electron chi connectivity index (χ4n) is 3.17. The monoisotopic (exact) mass is 397 g/mol. The molecule has 148 valence electrons. The number of thiocarbonyl (C=S) groups is 1. The van der Waals surface area contributed by atoms with Crippen LogP contribution in [0, 0.1) is 13.8 Å². The lowest BCUT2D eigenvalue weighted by Crippen LogP contribution is -2.39. The van der Waals surface area contributed by atoms with E-state index >= 15 is 0 Å². The summed E-state index contributed by atoms with van der Waals surface area (Å²) in [6.07, 6.45) is 1.53. The number of aryl methyl sites for hydroxylation is 2. The van der Waals surface area contributed by atoms with Crippen LogP contribution in [0.25, 0.3) is 0 Å². The second-order valence-corrected chi connectivity index (χ2v) is 7.68. The average molecular weight is 398 g/mol. The zero-order chi connectivity index (χ0) is 20.1. The van der Waals surface area contributed by atoms with Crippen LogP contribution in [0.15, 0.2) is 42.5 Å². The van der Waals surface area contributed by atoms with Gasteiger partial charge in [-0.25, -0.2) is 0 Å². The zero-order valence-corrected chi connectivity index (χ0v) is 17.4. The van der Waals surface area contributed by atoms with Crippen molar-refractivity contribution in [2.24, 2.45) is 0 Å². The van der Waals surface area contributed by atoms with Crippen LogP contribution in [-0.4, -0.2) is 30.2 Å². The van der Waals surface area contributed by atoms with E-state index in [4.69, 9.17) is 17.0 Å². The molecule has 3 rings (SSSR count). The molecule has 1 unspecified atom stereocenters. The Morgan fingerprint density at radius 2 is 1.96 bits per heavy atom. The molecule has 2 N–H and O–H groups in total. The third kappa shape index (κ3) is 5.23. The summed E-state index contributed by atoms with van der Waals surface area (Å²) in [7, 11) is 0. The van der Waals surface area contributed by atoms with Crippen molar-refractivity contribution >= 4 is 34.6 Å². The molecule has 1 atom stereocenters. The molecule has 1 aliphatic rings. The number of hydrogen-bond acceptors (Lipinski definition) is 3. The molecule has 6 heteroatoms. The summed E-state index contributed by atoms with van der Waals surface area (Å²) in [5.74, 6) is 1.03. The third-order valence-electron chi connectivity index (χ3n) is 4.73. The molecule has 1 saturated heterocycles. The number of nitrogens with zero attached hydrogens (tertiary/aromatic N) is 1. The van der Waals surface area contributed by atoms with Crippen molar-refractivity contribution in [3.63, 3.8) is 0 Å². The fourth-order valence-corrected chi connectivity index (χ4v) is 3.49. The van der Waals surface area contributed by atoms with E-state index in [0.29, 0.717) is 18.1 Å². The second-order valence-electron chi connectivity index (χ2n) is 7.27. The summed E-state index contributed by atoms with van der Waals surface area (Å²) in [6.45, 7) is 7.37. The Kier molecular flexibility index (Phi) is 6.52. The highest BCUT2D eigenvalue weighted by molar-refractivity contribution is 7.80. The molecule has 1 fully saturated rings. The highest BCUT2D eigenvalue weighted by atomic mass is 32.1. The first-order valence-corrected chi connectivity index (χ1v) is 10.0. The summed E-state index contributed by atoms with van der Waals surface area (Å²) in [5.41, 5.74) is 4.10. The van der Waals surface area contributed by atoms with Gasteiger partial charge in [0.15, 0.2) is 5.11 Å². The van der Waals surface area contributed by atoms with E-state index in [2.05, 4.69) is 10.6 Å². The van der Waals surface area contributed by atoms with Crippen LogP contribution in [0.5, 0.6) is 5.75 Å². The molecule has 0 saturated carbocycles. The van der Waals surface area contributed by atoms with Gasteiger partial charge in [0.2, 0.25) is 5.91 Å². The largest absolute Gasteiger partial charge is 0.491 e. The molecule has 28 heavy (non-hydrogen) atoms. The van der Waals surface area contributed by atoms with Gasteiger partial charge in [-0.05, 0) is 69.2 Å². The summed E-state index contributed by atoms with van der Waals surface area (Å²) in [6, 6.07) is 14.0. The molecule has 0 aromatic heterocycles. The lowest BCUT2D eigenvalue weighted by Gasteiger charge is -2.21. The summed E-state index contributed by atoms with van der Waals surface area (Å²) in [4.78, 5) is 13.9. The molecule has 0 bridgehead atoms. The Hall–Kier alpha value is -2.60. The van der Waals surface area contributed by atoms with Crippen molar-refractivity contribution in [1.82, 2.24) is 5.32 Å². The zero-order valence-electron chi connectivity index (χ0n) is 16.6. The number of carbonyl (C=O) groups is 1. The predicted molar refractivity (Wildman–Crippen MR) is 118 cm³/mol. The van der Waals surface area contributed by atoms with Crippen molar-refractivity contribution in [1.29, 1.82) is 0 Å². The van der Waals surface area contributed by atoms with Crippen molar-refractivity contribution in [2.45, 2.75) is 39.7 Å². The van der Waals surface area contributed by atoms with E-state index in [1.165, 1.54) is 5.56 Å². The molecule has 2 aromatic carbocycles. The van der Waals surface area contributed by atoms with Gasteiger partial charge in [0.1, 0.15) is 12.4 Å². The number of benzene rings is 2. The van der Waals surface area contributed by atoms with Crippen LogP contribution in [0.1, 0.15) is 30.9 Å². The van der Waals surface area contributed by atoms with Gasteiger partial charge in [-0.2, -0.15) is 0 Å². The predicted octanol–water partition coefficient (Wildman–Crippen LogP) is 4.18. The van der Waals surface area contributed by atoms with E-state index in [-0.39, 0.29) is 11.9 Å². The minimum atomic E-state index is 0.0476. The van der Waals surface area contributed by atoms with E-state index in [1.807, 2.05) is 68.1 Å². The molecule has 0 aliphatic carbocycles. The maximum atomic E-state index is 12.1. The summed E-state index contributed by atoms with van der Waals surface area (Å²) < 4.78 is 5.79. The van der Waals surface area contributed by atoms with E-state index < -0.39 is 0 Å². The topological polar surface area (TPSA) is 53.6 Å². The van der Waals surface area contributed by atoms with Gasteiger partial charge in [-0.1, -0.05) is 23.8 Å². The Balaban J connectivity index is 1.54. The molecule has 5 nitrogen and oxygen atoms in total. The van der Waals surface area contributed by atoms with Crippen LogP contribution in [-0.2, 0) is 4.79 Å². The molecule has 0 radical (unpaired) electrons. The Morgan fingerprint density at radius 3 is 2.64 bits per heavy atom. The minimum absolute atomic E-state index is 0.0476. The Bertz CT molecular complexity index is 851. The Labute approximate surface area is 172 Å². The number of nitrogens with one attached hydrogen (secondary N) is 2. The maximum absolute atomic E-state index is 12.1. The standard InChI is InChI=1S/C22H27N3O2S/c1-15-6-10-19(11-7-15)27-14-17(3)23-22(28)24-18-9-8-16(2)20(13-18)25-12-4-5-21(25)26/h6-11,13,17H,4-5,12,14H2,1-3H3,(H2,23,24,28). The smallest absolute Gasteiger partial charge is 0.227 e. The normalized spacial score (nSPS) is 14.7. The minimum Gasteiger partial charge on any atom is -0.491 e. The lowest BCUT2D eigenvalue weighted by atomic mass is 10.1. The highest BCUT2D eigenvalue weighted by Gasteiger charge is 2.23. The van der Waals surface area contributed by atoms with Crippen molar-refractivity contribution in [2.75, 3.05) is 23.4 Å². The fraction of sp³-hybridized carbons (Fsp3) is 0.364. The number of anilines is 2. The van der Waals surface area contributed by atoms with Gasteiger partial charge in [0.25, 0.3) is 0 Å². The first kappa shape index (κ1) is 20.1. The van der Waals surface area contributed by atoms with Crippen LogP contribution < -0.4 is 20.3 Å². The first-order chi connectivity index (χ1) is 13.4. The maximum Gasteiger partial charge on any atom is 0.227 e. The van der Waals surface area contributed by atoms with Gasteiger partial charge >= 0.3 is 0 Å². The highest BCUT2D eigenvalue weighted by Crippen LogP contribution is 2.28. The number of carbonyl (C=O) groups excluding carboxylic acids is 1. The lowest BCUT2D eigenvalue weighted by molar-refractivity contribution is -0.117. The number of amides is 1. The van der Waals surface area contributed by atoms with E-state index in [1.54, 1.807) is 0 Å². The molecule has 1 aliphatic heterocycles. The molecular formula is C22H27N3O2S. The molecule has 1 heterocycles. The van der Waals surface area contributed by atoms with Gasteiger partial charge in [-0.3, -0.25) is 4.79 Å². The number of rotatable bonds is 6. The number of hydrogen-bond donors (Lipinski definition) is 2. The van der Waals surface area contributed by atoms with Gasteiger partial charge in [0.05, 0.1) is 6.04 Å². The molecule has 1 amide bonds. The first-order valence-electron chi connectivity index (χ1n) is 9.60. The van der Waals surface area contributed by atoms with Crippen molar-refractivity contribution in [3.8, 4) is 5.75 Å². The van der Waals surface area contributed by atoms with Gasteiger partial charge < -0.3 is 20.3 Å². The van der Waals surface area contributed by atoms with Crippen LogP contribution >= 0.6 is 12.2 Å². The summed E-state index contributed by atoms with van der Waals surface area (Å²) in [5, 5.41) is 6.98. The van der Waals surface area contributed by atoms with E-state index in [0.717, 1.165) is 35.7 Å². The quantitative estimate of drug-likeness (QED) is 0.716. The SMILES string of the molecule is Cc1ccc(OCC(C)NC(=S)Nc2ccc(C)c(N3CCCC3=O)c2)cc1. The van der Waals surface area contributed by atoms with Crippen LogP contribution in [0.4, 0.5) is 11.4 Å². The second kappa shape index (κ2) is 9.06. The van der Waals surface area contributed by atoms with Crippen molar-refractivity contribution in [3.05, 3.63) is 53.6 Å².